The van der Waals surface area contributed by atoms with Crippen LogP contribution in [0, 0.1) is 0 Å². The van der Waals surface area contributed by atoms with Gasteiger partial charge in [-0.1, -0.05) is 372 Å². The number of fused-ring (bicyclic) bond motifs is 25. The number of para-hydroxylation sites is 10. The predicted octanol–water partition coefficient (Wildman–Crippen LogP) is 35.9. The molecule has 0 fully saturated rings. The highest BCUT2D eigenvalue weighted by molar-refractivity contribution is 7.25. The number of benzene rings is 20. The van der Waals surface area contributed by atoms with Crippen LogP contribution in [0.1, 0.15) is 25.0 Å². The maximum atomic E-state index is 4.93. The standard InChI is InChI=1S/C45H28N4S.C44H27N3S.C41H30N2S/c1-3-13-30(14-4-1)42-46-43(31-15-5-2-6-16-31)48-44(47-42)32-25-23-29(24-26-32)33-27-28-36(35-18-8-7-17-34(33)35)41-37-19-9-10-20-38(37)49-39-21-11-12-22-40(39)50-45(41)49;1-6-18-36-31(13-1)32-14-2-7-19-37(32)45(36)29-25-28(26-30(27-29)46-38-20-8-3-15-33(38)34-16-4-9-21-39(34)46)43-35-17-5-10-22-40(35)47-41-23-11-12-24-42(41)48-44(43)47;1-41(2)34-16-8-6-14-31(34)32-25-24-30(26-35(32)41)42(29-22-20-28(21-23-29)27-12-4-3-5-13-27)39-33-15-7-9-17-36(33)43-37-18-10-11-19-38(37)44-40(39)43/h1-28H;1-27H;3-26H,1-2H3. The lowest BCUT2D eigenvalue weighted by Crippen LogP contribution is -2.16. The minimum atomic E-state index is -0.0828. The molecule has 0 saturated carbocycles. The Morgan fingerprint density at radius 1 is 0.211 bits per heavy atom. The molecule has 20 aromatic carbocycles. The number of hydrogen-bond donors (Lipinski definition) is 0. The first-order valence-electron chi connectivity index (χ1n) is 48.3. The van der Waals surface area contributed by atoms with Gasteiger partial charge in [-0.2, -0.15) is 0 Å². The van der Waals surface area contributed by atoms with Gasteiger partial charge in [-0.05, 0) is 188 Å². The molecular weight excluding hydrogens is 1780 g/mol. The highest BCUT2D eigenvalue weighted by Gasteiger charge is 2.37. The summed E-state index contributed by atoms with van der Waals surface area (Å²) in [6, 6.07) is 173. The molecule has 0 atom stereocenters. The van der Waals surface area contributed by atoms with Crippen molar-refractivity contribution >= 4 is 183 Å². The van der Waals surface area contributed by atoms with Crippen LogP contribution in [-0.2, 0) is 5.41 Å². The minimum Gasteiger partial charge on any atom is -0.309 e. The molecule has 29 aromatic rings. The zero-order chi connectivity index (χ0) is 93.8. The number of thiazole rings is 3. The van der Waals surface area contributed by atoms with Gasteiger partial charge in [0.25, 0.3) is 0 Å². The smallest absolute Gasteiger partial charge is 0.164 e. The van der Waals surface area contributed by atoms with Crippen LogP contribution in [0.25, 0.3) is 233 Å². The summed E-state index contributed by atoms with van der Waals surface area (Å²) in [6.45, 7) is 4.72. The van der Waals surface area contributed by atoms with E-state index in [-0.39, 0.29) is 5.41 Å². The summed E-state index contributed by atoms with van der Waals surface area (Å²) >= 11 is 5.61. The van der Waals surface area contributed by atoms with Gasteiger partial charge in [0.1, 0.15) is 14.5 Å². The molecule has 30 rings (SSSR count). The van der Waals surface area contributed by atoms with Gasteiger partial charge >= 0.3 is 0 Å². The highest BCUT2D eigenvalue weighted by Crippen LogP contribution is 2.55. The van der Waals surface area contributed by atoms with E-state index in [9.17, 15) is 0 Å². The molecule has 0 amide bonds. The average Bonchev–Trinajstić information content (AvgIpc) is 1.60. The van der Waals surface area contributed by atoms with Crippen LogP contribution in [0.2, 0.25) is 0 Å². The molecule has 0 radical (unpaired) electrons. The van der Waals surface area contributed by atoms with E-state index >= 15 is 0 Å². The molecule has 9 heterocycles. The van der Waals surface area contributed by atoms with Crippen LogP contribution < -0.4 is 4.90 Å². The zero-order valence-corrected chi connectivity index (χ0v) is 79.8. The van der Waals surface area contributed by atoms with Crippen molar-refractivity contribution < 1.29 is 0 Å². The average molecular weight is 1870 g/mol. The van der Waals surface area contributed by atoms with E-state index in [1.165, 1.54) is 205 Å². The van der Waals surface area contributed by atoms with Gasteiger partial charge in [0.2, 0.25) is 0 Å². The molecule has 0 spiro atoms. The Balaban J connectivity index is 0.000000104. The third-order valence-electron chi connectivity index (χ3n) is 28.9. The SMILES string of the molecule is CC1(C)c2ccccc2-c2ccc(N(c3ccc(-c4ccccc4)cc3)c3c4ccccc4n4c3sc3ccccc34)cc21.c1ccc(-c2nc(-c3ccccc3)nc(-c3ccc(-c4ccc(-c5c6ccccc6n6c5sc5ccccc56)c5ccccc45)cc3)n2)cc1.c1ccc2c(c1)sc1c(-c3cc(-n4c5ccccc5c5ccccc54)cc(-n4c5ccccc5c5ccccc54)c3)c3ccccc3n12. The van der Waals surface area contributed by atoms with Gasteiger partial charge in [-0.25, -0.2) is 15.0 Å². The topological polar surface area (TPSA) is 65.0 Å². The van der Waals surface area contributed by atoms with Crippen molar-refractivity contribution in [2.45, 2.75) is 19.3 Å². The first kappa shape index (κ1) is 82.6. The van der Waals surface area contributed by atoms with Crippen LogP contribution >= 0.6 is 34.0 Å². The Hall–Kier alpha value is -17.7. The zero-order valence-electron chi connectivity index (χ0n) is 77.4. The van der Waals surface area contributed by atoms with E-state index in [2.05, 4.69) is 460 Å². The Labute approximate surface area is 829 Å². The molecule has 9 aromatic heterocycles. The fourth-order valence-electron chi connectivity index (χ4n) is 22.5. The third kappa shape index (κ3) is 13.3. The van der Waals surface area contributed by atoms with Crippen molar-refractivity contribution in [1.82, 2.24) is 37.3 Å². The normalized spacial score (nSPS) is 12.4. The predicted molar refractivity (Wildman–Crippen MR) is 601 cm³/mol. The Morgan fingerprint density at radius 3 is 1.04 bits per heavy atom. The van der Waals surface area contributed by atoms with Gasteiger partial charge in [-0.15, -0.1) is 34.0 Å². The quantitative estimate of drug-likeness (QED) is 0.122. The van der Waals surface area contributed by atoms with Crippen molar-refractivity contribution in [2.75, 3.05) is 4.90 Å². The molecule has 0 bridgehead atoms. The second-order valence-corrected chi connectivity index (χ2v) is 40.3. The van der Waals surface area contributed by atoms with Gasteiger partial charge in [0, 0.05) is 93.7 Å². The van der Waals surface area contributed by atoms with Crippen molar-refractivity contribution in [3.63, 3.8) is 0 Å². The summed E-state index contributed by atoms with van der Waals surface area (Å²) < 4.78 is 16.1. The van der Waals surface area contributed by atoms with Crippen LogP contribution in [0.5, 0.6) is 0 Å². The molecule has 142 heavy (non-hydrogen) atoms. The summed E-state index contributed by atoms with van der Waals surface area (Å²) in [5.41, 5.74) is 36.1. The lowest BCUT2D eigenvalue weighted by molar-refractivity contribution is 0.660. The fraction of sp³-hybridized carbons (Fsp3) is 0.0231. The van der Waals surface area contributed by atoms with Crippen LogP contribution in [0.3, 0.4) is 0 Å². The monoisotopic (exact) mass is 1870 g/mol. The van der Waals surface area contributed by atoms with Gasteiger partial charge in [-0.3, -0.25) is 13.2 Å². The van der Waals surface area contributed by atoms with Gasteiger partial charge in [0.05, 0.1) is 75.0 Å². The Kier molecular flexibility index (Phi) is 19.4. The fourth-order valence-corrected chi connectivity index (χ4v) is 26.1. The summed E-state index contributed by atoms with van der Waals surface area (Å²) in [6.07, 6.45) is 0. The molecule has 12 heteroatoms. The van der Waals surface area contributed by atoms with E-state index in [0.29, 0.717) is 17.5 Å². The molecule has 1 aliphatic carbocycles. The maximum absolute atomic E-state index is 4.93. The van der Waals surface area contributed by atoms with Crippen molar-refractivity contribution in [2.24, 2.45) is 0 Å². The molecule has 0 unspecified atom stereocenters. The molecule has 1 aliphatic rings. The van der Waals surface area contributed by atoms with E-state index in [4.69, 9.17) is 15.0 Å². The van der Waals surface area contributed by atoms with Crippen molar-refractivity contribution in [3.8, 4) is 101 Å². The molecular formula is C130H85N9S3. The van der Waals surface area contributed by atoms with Crippen LogP contribution in [0.15, 0.2) is 479 Å². The molecule has 0 N–H and O–H groups in total. The minimum absolute atomic E-state index is 0.0828. The number of rotatable bonds is 12. The number of hydrogen-bond acceptors (Lipinski definition) is 7. The Morgan fingerprint density at radius 2 is 0.535 bits per heavy atom. The molecule has 9 nitrogen and oxygen atoms in total. The first-order valence-corrected chi connectivity index (χ1v) is 50.7. The summed E-state index contributed by atoms with van der Waals surface area (Å²) in [7, 11) is 0. The second-order valence-electron chi connectivity index (χ2n) is 37.2. The van der Waals surface area contributed by atoms with Crippen LogP contribution in [0.4, 0.5) is 17.1 Å². The molecule has 0 aliphatic heterocycles. The summed E-state index contributed by atoms with van der Waals surface area (Å²) in [5.74, 6) is 1.97. The third-order valence-corrected chi connectivity index (χ3v) is 32.3. The highest BCUT2D eigenvalue weighted by atomic mass is 32.1. The van der Waals surface area contributed by atoms with E-state index < -0.39 is 0 Å². The number of anilines is 3. The summed E-state index contributed by atoms with van der Waals surface area (Å²) in [4.78, 5) is 21.0. The van der Waals surface area contributed by atoms with Gasteiger partial charge in [0.15, 0.2) is 17.5 Å². The molecule has 668 valence electrons. The maximum Gasteiger partial charge on any atom is 0.164 e. The molecule has 0 saturated heterocycles. The lowest BCUT2D eigenvalue weighted by atomic mass is 9.82. The van der Waals surface area contributed by atoms with E-state index in [1.807, 2.05) is 94.7 Å². The van der Waals surface area contributed by atoms with Crippen LogP contribution in [-0.4, -0.2) is 37.3 Å². The van der Waals surface area contributed by atoms with Crippen molar-refractivity contribution in [3.05, 3.63) is 490 Å². The number of nitrogens with zero attached hydrogens (tertiary/aromatic N) is 9. The first-order chi connectivity index (χ1) is 70.2. The Bertz CT molecular complexity index is 9810. The van der Waals surface area contributed by atoms with E-state index in [0.717, 1.165) is 39.3 Å². The second kappa shape index (κ2) is 33.3. The largest absolute Gasteiger partial charge is 0.309 e. The summed E-state index contributed by atoms with van der Waals surface area (Å²) in [5, 5.41) is 11.3. The van der Waals surface area contributed by atoms with Crippen molar-refractivity contribution in [1.29, 1.82) is 0 Å². The van der Waals surface area contributed by atoms with Gasteiger partial charge < -0.3 is 14.0 Å². The van der Waals surface area contributed by atoms with E-state index in [1.54, 1.807) is 0 Å². The number of aromatic nitrogens is 8. The lowest BCUT2D eigenvalue weighted by Gasteiger charge is -2.28.